The first kappa shape index (κ1) is 12.6. The molecule has 3 heterocycles. The van der Waals surface area contributed by atoms with Crippen LogP contribution in [0.5, 0.6) is 0 Å². The summed E-state index contributed by atoms with van der Waals surface area (Å²) in [7, 11) is 1.32. The highest BCUT2D eigenvalue weighted by molar-refractivity contribution is 5.88. The van der Waals surface area contributed by atoms with Crippen molar-refractivity contribution in [2.24, 2.45) is 11.8 Å². The van der Waals surface area contributed by atoms with Gasteiger partial charge in [0.2, 0.25) is 0 Å². The number of hydrogen-bond acceptors (Lipinski definition) is 5. The number of carbonyl (C=O) groups excluding carboxylic acids is 2. The fourth-order valence-corrected chi connectivity index (χ4v) is 3.69. The molecule has 1 aromatic carbocycles. The number of rotatable bonds is 2. The SMILES string of the molecule is COC(=O)[C@@H]1[C@@H]2C=C[C@]3(O2)[C@@H](c2ccccc2)OC(=O)[C@@H]13. The van der Waals surface area contributed by atoms with Gasteiger partial charge in [0.1, 0.15) is 17.4 Å². The van der Waals surface area contributed by atoms with Crippen LogP contribution in [0.3, 0.4) is 0 Å². The lowest BCUT2D eigenvalue weighted by atomic mass is 9.73. The van der Waals surface area contributed by atoms with Crippen molar-refractivity contribution >= 4 is 11.9 Å². The minimum Gasteiger partial charge on any atom is -0.469 e. The maximum absolute atomic E-state index is 12.3. The first-order valence-electron chi connectivity index (χ1n) is 6.88. The van der Waals surface area contributed by atoms with E-state index in [1.54, 1.807) is 0 Å². The zero-order chi connectivity index (χ0) is 14.6. The Morgan fingerprint density at radius 3 is 2.76 bits per heavy atom. The molecule has 0 amide bonds. The van der Waals surface area contributed by atoms with E-state index >= 15 is 0 Å². The summed E-state index contributed by atoms with van der Waals surface area (Å²) < 4.78 is 16.4. The van der Waals surface area contributed by atoms with Crippen molar-refractivity contribution in [1.29, 1.82) is 0 Å². The van der Waals surface area contributed by atoms with Crippen LogP contribution in [0.4, 0.5) is 0 Å². The number of ether oxygens (including phenoxy) is 3. The van der Waals surface area contributed by atoms with Crippen LogP contribution in [-0.4, -0.2) is 30.8 Å². The van der Waals surface area contributed by atoms with Crippen LogP contribution in [0.25, 0.3) is 0 Å². The van der Waals surface area contributed by atoms with Gasteiger partial charge in [0.05, 0.1) is 13.2 Å². The van der Waals surface area contributed by atoms with Gasteiger partial charge >= 0.3 is 11.9 Å². The fraction of sp³-hybridized carbons (Fsp3) is 0.375. The molecule has 3 aliphatic rings. The second-order valence-electron chi connectivity index (χ2n) is 5.55. The summed E-state index contributed by atoms with van der Waals surface area (Å²) in [6, 6.07) is 9.46. The van der Waals surface area contributed by atoms with Crippen LogP contribution in [0.2, 0.25) is 0 Å². The second kappa shape index (κ2) is 4.18. The number of esters is 2. The minimum atomic E-state index is -0.887. The molecule has 0 radical (unpaired) electrons. The molecule has 5 heteroatoms. The summed E-state index contributed by atoms with van der Waals surface area (Å²) in [6.07, 6.45) is 2.76. The van der Waals surface area contributed by atoms with Crippen molar-refractivity contribution in [3.63, 3.8) is 0 Å². The summed E-state index contributed by atoms with van der Waals surface area (Å²) in [4.78, 5) is 24.3. The van der Waals surface area contributed by atoms with Gasteiger partial charge in [0.25, 0.3) is 0 Å². The van der Waals surface area contributed by atoms with Gasteiger partial charge in [-0.2, -0.15) is 0 Å². The summed E-state index contributed by atoms with van der Waals surface area (Å²) in [5.74, 6) is -2.08. The molecule has 1 aromatic rings. The Hall–Kier alpha value is -2.14. The monoisotopic (exact) mass is 286 g/mol. The minimum absolute atomic E-state index is 0.397. The smallest absolute Gasteiger partial charge is 0.314 e. The van der Waals surface area contributed by atoms with Gasteiger partial charge in [0.15, 0.2) is 6.10 Å². The van der Waals surface area contributed by atoms with E-state index < -0.39 is 41.6 Å². The molecule has 5 atom stereocenters. The summed E-state index contributed by atoms with van der Waals surface area (Å²) in [6.45, 7) is 0. The quantitative estimate of drug-likeness (QED) is 0.607. The lowest BCUT2D eigenvalue weighted by Crippen LogP contribution is -2.40. The molecule has 2 bridgehead atoms. The first-order chi connectivity index (χ1) is 10.2. The molecule has 0 saturated carbocycles. The standard InChI is InChI=1S/C16H14O5/c1-19-14(17)11-10-7-8-16(21-10)12(11)15(18)20-13(16)9-5-3-2-4-6-9/h2-8,10-13H,1H3/t10-,11+,12+,13+,16+/m0/s1. The molecule has 108 valence electrons. The Morgan fingerprint density at radius 1 is 1.29 bits per heavy atom. The van der Waals surface area contributed by atoms with E-state index in [4.69, 9.17) is 14.2 Å². The van der Waals surface area contributed by atoms with Crippen molar-refractivity contribution in [2.45, 2.75) is 17.8 Å². The number of benzene rings is 1. The van der Waals surface area contributed by atoms with E-state index in [1.807, 2.05) is 42.5 Å². The first-order valence-corrected chi connectivity index (χ1v) is 6.88. The van der Waals surface area contributed by atoms with Gasteiger partial charge in [0, 0.05) is 0 Å². The molecule has 4 rings (SSSR count). The molecule has 2 fully saturated rings. The van der Waals surface area contributed by atoms with E-state index in [2.05, 4.69) is 0 Å². The predicted molar refractivity (Wildman–Crippen MR) is 71.0 cm³/mol. The van der Waals surface area contributed by atoms with Crippen molar-refractivity contribution < 1.29 is 23.8 Å². The normalized spacial score (nSPS) is 39.2. The van der Waals surface area contributed by atoms with Crippen LogP contribution in [0, 0.1) is 11.8 Å². The van der Waals surface area contributed by atoms with E-state index in [9.17, 15) is 9.59 Å². The molecule has 3 aliphatic heterocycles. The lowest BCUT2D eigenvalue weighted by molar-refractivity contribution is -0.156. The van der Waals surface area contributed by atoms with Crippen LogP contribution in [0.1, 0.15) is 11.7 Å². The highest BCUT2D eigenvalue weighted by Crippen LogP contribution is 2.58. The number of cyclic esters (lactones) is 1. The van der Waals surface area contributed by atoms with Crippen LogP contribution in [-0.2, 0) is 23.8 Å². The highest BCUT2D eigenvalue weighted by atomic mass is 16.6. The average molecular weight is 286 g/mol. The van der Waals surface area contributed by atoms with Crippen LogP contribution < -0.4 is 0 Å². The zero-order valence-electron chi connectivity index (χ0n) is 11.4. The van der Waals surface area contributed by atoms with Gasteiger partial charge in [-0.1, -0.05) is 36.4 Å². The Kier molecular flexibility index (Phi) is 2.50. The Balaban J connectivity index is 1.79. The molecule has 2 saturated heterocycles. The number of fused-ring (bicyclic) bond motifs is 1. The summed E-state index contributed by atoms with van der Waals surface area (Å²) >= 11 is 0. The molecular weight excluding hydrogens is 272 g/mol. The maximum Gasteiger partial charge on any atom is 0.314 e. The van der Waals surface area contributed by atoms with Gasteiger partial charge in [-0.3, -0.25) is 9.59 Å². The van der Waals surface area contributed by atoms with E-state index in [0.29, 0.717) is 0 Å². The van der Waals surface area contributed by atoms with Crippen LogP contribution >= 0.6 is 0 Å². The third-order valence-corrected chi connectivity index (χ3v) is 4.56. The largest absolute Gasteiger partial charge is 0.469 e. The summed E-state index contributed by atoms with van der Waals surface area (Å²) in [5.41, 5.74) is -0.0220. The Labute approximate surface area is 121 Å². The molecule has 0 aliphatic carbocycles. The fourth-order valence-electron chi connectivity index (χ4n) is 3.69. The van der Waals surface area contributed by atoms with Crippen molar-refractivity contribution in [3.8, 4) is 0 Å². The lowest BCUT2D eigenvalue weighted by Gasteiger charge is -2.27. The van der Waals surface area contributed by atoms with Crippen LogP contribution in [0.15, 0.2) is 42.5 Å². The zero-order valence-corrected chi connectivity index (χ0v) is 11.4. The molecule has 0 unspecified atom stereocenters. The second-order valence-corrected chi connectivity index (χ2v) is 5.55. The van der Waals surface area contributed by atoms with Crippen molar-refractivity contribution in [3.05, 3.63) is 48.0 Å². The molecule has 1 spiro atoms. The van der Waals surface area contributed by atoms with E-state index in [-0.39, 0.29) is 0 Å². The number of methoxy groups -OCH3 is 1. The molecular formula is C16H14O5. The maximum atomic E-state index is 12.3. The third kappa shape index (κ3) is 1.49. The third-order valence-electron chi connectivity index (χ3n) is 4.56. The van der Waals surface area contributed by atoms with Gasteiger partial charge < -0.3 is 14.2 Å². The van der Waals surface area contributed by atoms with E-state index in [0.717, 1.165) is 5.56 Å². The molecule has 0 N–H and O–H groups in total. The predicted octanol–water partition coefficient (Wildman–Crippen LogP) is 1.40. The highest BCUT2D eigenvalue weighted by Gasteiger charge is 2.71. The van der Waals surface area contributed by atoms with Crippen molar-refractivity contribution in [1.82, 2.24) is 0 Å². The topological polar surface area (TPSA) is 61.8 Å². The molecule has 5 nitrogen and oxygen atoms in total. The number of carbonyl (C=O) groups is 2. The molecule has 0 aromatic heterocycles. The number of hydrogen-bond donors (Lipinski definition) is 0. The molecule has 21 heavy (non-hydrogen) atoms. The summed E-state index contributed by atoms with van der Waals surface area (Å²) in [5, 5.41) is 0. The average Bonchev–Trinajstić information content (AvgIpc) is 3.16. The Bertz CT molecular complexity index is 637. The van der Waals surface area contributed by atoms with Gasteiger partial charge in [-0.05, 0) is 11.6 Å². The van der Waals surface area contributed by atoms with Crippen molar-refractivity contribution in [2.75, 3.05) is 7.11 Å². The Morgan fingerprint density at radius 2 is 2.05 bits per heavy atom. The van der Waals surface area contributed by atoms with E-state index in [1.165, 1.54) is 7.11 Å². The van der Waals surface area contributed by atoms with Gasteiger partial charge in [-0.25, -0.2) is 0 Å². The van der Waals surface area contributed by atoms with Gasteiger partial charge in [-0.15, -0.1) is 0 Å².